The minimum Gasteiger partial charge on any atom is -0.393 e. The second-order valence-electron chi connectivity index (χ2n) is 5.66. The Kier molecular flexibility index (Phi) is 9.55. The highest BCUT2D eigenvalue weighted by molar-refractivity contribution is 5.75. The molecule has 1 aromatic carbocycles. The Morgan fingerprint density at radius 2 is 1.81 bits per heavy atom. The number of aliphatic hydroxyl groups is 1. The molecule has 3 nitrogen and oxygen atoms in total. The van der Waals surface area contributed by atoms with Crippen LogP contribution in [0.4, 0.5) is 0 Å². The van der Waals surface area contributed by atoms with Crippen molar-refractivity contribution in [2.45, 2.75) is 70.9 Å². The van der Waals surface area contributed by atoms with Gasteiger partial charge in [-0.1, -0.05) is 69.4 Å². The molecule has 0 aliphatic carbocycles. The first-order chi connectivity index (χ1) is 10.2. The fourth-order valence-corrected chi connectivity index (χ4v) is 2.31. The van der Waals surface area contributed by atoms with E-state index in [0.717, 1.165) is 18.4 Å². The van der Waals surface area contributed by atoms with Gasteiger partial charge in [0, 0.05) is 13.0 Å². The van der Waals surface area contributed by atoms with Gasteiger partial charge in [0.1, 0.15) is 0 Å². The predicted octanol–water partition coefficient (Wildman–Crippen LogP) is 3.80. The van der Waals surface area contributed by atoms with Crippen LogP contribution in [0, 0.1) is 0 Å². The maximum absolute atomic E-state index is 11.7. The second kappa shape index (κ2) is 11.3. The zero-order chi connectivity index (χ0) is 15.3. The number of benzene rings is 1. The number of rotatable bonds is 11. The number of aliphatic hydroxyl groups excluding tert-OH is 1. The number of nitrogens with one attached hydrogen (secondary N) is 1. The molecule has 0 spiro atoms. The average Bonchev–Trinajstić information content (AvgIpc) is 2.51. The number of carbonyl (C=O) groups excluding carboxylic acids is 1. The SMILES string of the molecule is CCCCCCCC(O)CCC(=O)NCc1ccccc1. The minimum absolute atomic E-state index is 0.0175. The van der Waals surface area contributed by atoms with Gasteiger partial charge in [-0.05, 0) is 18.4 Å². The fourth-order valence-electron chi connectivity index (χ4n) is 2.31. The van der Waals surface area contributed by atoms with E-state index in [-0.39, 0.29) is 12.0 Å². The lowest BCUT2D eigenvalue weighted by Crippen LogP contribution is -2.24. The van der Waals surface area contributed by atoms with Crippen molar-refractivity contribution >= 4 is 5.91 Å². The van der Waals surface area contributed by atoms with E-state index in [1.165, 1.54) is 25.7 Å². The first kappa shape index (κ1) is 17.7. The van der Waals surface area contributed by atoms with E-state index in [2.05, 4.69) is 12.2 Å². The van der Waals surface area contributed by atoms with Crippen LogP contribution in [0.15, 0.2) is 30.3 Å². The van der Waals surface area contributed by atoms with Crippen molar-refractivity contribution in [1.82, 2.24) is 5.32 Å². The van der Waals surface area contributed by atoms with Gasteiger partial charge in [-0.3, -0.25) is 4.79 Å². The van der Waals surface area contributed by atoms with Crippen molar-refractivity contribution < 1.29 is 9.90 Å². The topological polar surface area (TPSA) is 49.3 Å². The van der Waals surface area contributed by atoms with Crippen LogP contribution >= 0.6 is 0 Å². The summed E-state index contributed by atoms with van der Waals surface area (Å²) in [5.74, 6) is 0.0175. The van der Waals surface area contributed by atoms with Crippen molar-refractivity contribution in [3.05, 3.63) is 35.9 Å². The number of amides is 1. The highest BCUT2D eigenvalue weighted by Gasteiger charge is 2.08. The van der Waals surface area contributed by atoms with E-state index in [0.29, 0.717) is 19.4 Å². The first-order valence-electron chi connectivity index (χ1n) is 8.21. The molecule has 0 radical (unpaired) electrons. The number of unbranched alkanes of at least 4 members (excludes halogenated alkanes) is 4. The summed E-state index contributed by atoms with van der Waals surface area (Å²) in [4.78, 5) is 11.7. The van der Waals surface area contributed by atoms with Gasteiger partial charge in [0.15, 0.2) is 0 Å². The van der Waals surface area contributed by atoms with Gasteiger partial charge in [0.25, 0.3) is 0 Å². The molecule has 1 unspecified atom stereocenters. The number of hydrogen-bond donors (Lipinski definition) is 2. The van der Waals surface area contributed by atoms with Gasteiger partial charge >= 0.3 is 0 Å². The zero-order valence-electron chi connectivity index (χ0n) is 13.2. The zero-order valence-corrected chi connectivity index (χ0v) is 13.2. The fraction of sp³-hybridized carbons (Fsp3) is 0.611. The van der Waals surface area contributed by atoms with Crippen LogP contribution in [-0.2, 0) is 11.3 Å². The Hall–Kier alpha value is -1.35. The summed E-state index contributed by atoms with van der Waals surface area (Å²) in [6.45, 7) is 2.76. The predicted molar refractivity (Wildman–Crippen MR) is 86.9 cm³/mol. The molecule has 1 amide bonds. The third kappa shape index (κ3) is 9.24. The van der Waals surface area contributed by atoms with Crippen LogP contribution in [0.2, 0.25) is 0 Å². The monoisotopic (exact) mass is 291 g/mol. The molecular formula is C18H29NO2. The highest BCUT2D eigenvalue weighted by Crippen LogP contribution is 2.10. The van der Waals surface area contributed by atoms with E-state index in [4.69, 9.17) is 0 Å². The smallest absolute Gasteiger partial charge is 0.220 e. The highest BCUT2D eigenvalue weighted by atomic mass is 16.3. The largest absolute Gasteiger partial charge is 0.393 e. The molecule has 0 fully saturated rings. The van der Waals surface area contributed by atoms with Crippen LogP contribution in [0.25, 0.3) is 0 Å². The van der Waals surface area contributed by atoms with Crippen molar-refractivity contribution in [3.8, 4) is 0 Å². The minimum atomic E-state index is -0.339. The summed E-state index contributed by atoms with van der Waals surface area (Å²) < 4.78 is 0. The lowest BCUT2D eigenvalue weighted by Gasteiger charge is -2.10. The van der Waals surface area contributed by atoms with Crippen LogP contribution in [0.1, 0.15) is 63.9 Å². The lowest BCUT2D eigenvalue weighted by atomic mass is 10.0. The first-order valence-corrected chi connectivity index (χ1v) is 8.21. The Bertz CT molecular complexity index is 378. The molecule has 0 aliphatic heterocycles. The van der Waals surface area contributed by atoms with Crippen LogP contribution in [0.3, 0.4) is 0 Å². The maximum atomic E-state index is 11.7. The van der Waals surface area contributed by atoms with Gasteiger partial charge in [0.05, 0.1) is 6.10 Å². The van der Waals surface area contributed by atoms with Crippen LogP contribution in [0.5, 0.6) is 0 Å². The molecule has 0 aromatic heterocycles. The molecule has 1 rings (SSSR count). The molecule has 21 heavy (non-hydrogen) atoms. The number of hydrogen-bond acceptors (Lipinski definition) is 2. The molecule has 3 heteroatoms. The van der Waals surface area contributed by atoms with E-state index >= 15 is 0 Å². The number of carbonyl (C=O) groups is 1. The molecule has 118 valence electrons. The molecule has 0 saturated carbocycles. The third-order valence-electron chi connectivity index (χ3n) is 3.68. The standard InChI is InChI=1S/C18H29NO2/c1-2-3-4-5-9-12-17(20)13-14-18(21)19-15-16-10-7-6-8-11-16/h6-8,10-11,17,20H,2-5,9,12-15H2,1H3,(H,19,21). The Morgan fingerprint density at radius 3 is 2.52 bits per heavy atom. The third-order valence-corrected chi connectivity index (χ3v) is 3.68. The van der Waals surface area contributed by atoms with E-state index < -0.39 is 0 Å². The summed E-state index contributed by atoms with van der Waals surface area (Å²) in [5, 5.41) is 12.7. The molecule has 1 aromatic rings. The molecule has 0 aliphatic rings. The van der Waals surface area contributed by atoms with E-state index in [1.54, 1.807) is 0 Å². The van der Waals surface area contributed by atoms with Crippen molar-refractivity contribution in [3.63, 3.8) is 0 Å². The Labute approximate surface area is 128 Å². The van der Waals surface area contributed by atoms with Gasteiger partial charge < -0.3 is 10.4 Å². The van der Waals surface area contributed by atoms with E-state index in [9.17, 15) is 9.90 Å². The summed E-state index contributed by atoms with van der Waals surface area (Å²) in [6.07, 6.45) is 7.46. The Morgan fingerprint density at radius 1 is 1.10 bits per heavy atom. The quantitative estimate of drug-likeness (QED) is 0.609. The van der Waals surface area contributed by atoms with Gasteiger partial charge in [-0.25, -0.2) is 0 Å². The summed E-state index contributed by atoms with van der Waals surface area (Å²) in [6, 6.07) is 9.87. The van der Waals surface area contributed by atoms with Crippen LogP contribution < -0.4 is 5.32 Å². The molecule has 1 atom stereocenters. The van der Waals surface area contributed by atoms with Gasteiger partial charge in [0.2, 0.25) is 5.91 Å². The average molecular weight is 291 g/mol. The van der Waals surface area contributed by atoms with Crippen molar-refractivity contribution in [2.75, 3.05) is 0 Å². The van der Waals surface area contributed by atoms with Crippen molar-refractivity contribution in [1.29, 1.82) is 0 Å². The normalized spacial score (nSPS) is 12.1. The molecular weight excluding hydrogens is 262 g/mol. The van der Waals surface area contributed by atoms with Gasteiger partial charge in [-0.15, -0.1) is 0 Å². The van der Waals surface area contributed by atoms with Crippen LogP contribution in [-0.4, -0.2) is 17.1 Å². The maximum Gasteiger partial charge on any atom is 0.220 e. The molecule has 0 heterocycles. The second-order valence-corrected chi connectivity index (χ2v) is 5.66. The van der Waals surface area contributed by atoms with Crippen molar-refractivity contribution in [2.24, 2.45) is 0 Å². The van der Waals surface area contributed by atoms with E-state index in [1.807, 2.05) is 30.3 Å². The molecule has 0 bridgehead atoms. The summed E-state index contributed by atoms with van der Waals surface area (Å²) >= 11 is 0. The molecule has 0 saturated heterocycles. The summed E-state index contributed by atoms with van der Waals surface area (Å²) in [7, 11) is 0. The lowest BCUT2D eigenvalue weighted by molar-refractivity contribution is -0.121. The summed E-state index contributed by atoms with van der Waals surface area (Å²) in [5.41, 5.74) is 1.10. The van der Waals surface area contributed by atoms with Gasteiger partial charge in [-0.2, -0.15) is 0 Å². The Balaban J connectivity index is 2.04. The molecule has 2 N–H and O–H groups in total.